The van der Waals surface area contributed by atoms with Crippen LogP contribution in [-0.4, -0.2) is 41.8 Å². The lowest BCUT2D eigenvalue weighted by molar-refractivity contribution is -0.136. The van der Waals surface area contributed by atoms with Crippen LogP contribution >= 0.6 is 0 Å². The minimum Gasteiger partial charge on any atom is -0.481 e. The van der Waals surface area contributed by atoms with E-state index in [-0.39, 0.29) is 13.0 Å². The maximum atomic E-state index is 11.0. The number of carboxylic acids is 1. The first-order valence-electron chi connectivity index (χ1n) is 12.1. The molecule has 0 amide bonds. The van der Waals surface area contributed by atoms with E-state index in [1.165, 1.54) is 0 Å². The molecule has 37 heavy (non-hydrogen) atoms. The smallest absolute Gasteiger partial charge is 0.303 e. The number of aromatic nitrogens is 5. The molecule has 0 saturated heterocycles. The molecule has 4 aromatic heterocycles. The number of rotatable bonds is 11. The molecule has 4 heterocycles. The van der Waals surface area contributed by atoms with Crippen LogP contribution < -0.4 is 9.47 Å². The third-order valence-corrected chi connectivity index (χ3v) is 5.81. The summed E-state index contributed by atoms with van der Waals surface area (Å²) in [5.74, 6) is 0.102. The number of carbonyl (C=O) groups is 1. The largest absolute Gasteiger partial charge is 0.481 e. The Hall–Kier alpha value is -4.66. The molecule has 1 N–H and O–H groups in total. The molecule has 0 spiro atoms. The zero-order valence-electron chi connectivity index (χ0n) is 20.4. The maximum Gasteiger partial charge on any atom is 0.303 e. The van der Waals surface area contributed by atoms with Crippen molar-refractivity contribution in [2.45, 2.75) is 32.9 Å². The Bertz CT molecular complexity index is 1510. The number of hydrogen-bond donors (Lipinski definition) is 1. The average molecular weight is 498 g/mol. The van der Waals surface area contributed by atoms with Crippen molar-refractivity contribution in [3.8, 4) is 23.0 Å². The van der Waals surface area contributed by atoms with Crippen molar-refractivity contribution in [2.24, 2.45) is 0 Å². The highest BCUT2D eigenvalue weighted by atomic mass is 16.5. The number of imidazole rings is 1. The molecule has 1 aromatic carbocycles. The zero-order valence-corrected chi connectivity index (χ0v) is 20.4. The van der Waals surface area contributed by atoms with Crippen LogP contribution in [0.1, 0.15) is 30.2 Å². The summed E-state index contributed by atoms with van der Waals surface area (Å²) in [5, 5.41) is 13.5. The van der Waals surface area contributed by atoms with Gasteiger partial charge in [0, 0.05) is 36.6 Å². The van der Waals surface area contributed by atoms with Crippen molar-refractivity contribution in [1.82, 2.24) is 24.1 Å². The lowest BCUT2D eigenvalue weighted by Gasteiger charge is -2.06. The Kier molecular flexibility index (Phi) is 7.12. The summed E-state index contributed by atoms with van der Waals surface area (Å²) >= 11 is 0. The number of aryl methyl sites for hydroxylation is 1. The molecule has 0 aliphatic carbocycles. The molecule has 0 aliphatic rings. The van der Waals surface area contributed by atoms with Crippen LogP contribution in [0.3, 0.4) is 0 Å². The van der Waals surface area contributed by atoms with E-state index in [4.69, 9.17) is 19.6 Å². The molecule has 9 nitrogen and oxygen atoms in total. The summed E-state index contributed by atoms with van der Waals surface area (Å²) in [7, 11) is 0. The first kappa shape index (κ1) is 24.1. The summed E-state index contributed by atoms with van der Waals surface area (Å²) in [5.41, 5.74) is 5.55. The molecule has 0 bridgehead atoms. The third kappa shape index (κ3) is 5.78. The second-order valence-corrected chi connectivity index (χ2v) is 8.51. The fraction of sp³-hybridized carbons (Fsp3) is 0.214. The van der Waals surface area contributed by atoms with E-state index in [0.29, 0.717) is 31.3 Å². The summed E-state index contributed by atoms with van der Waals surface area (Å²) in [4.78, 5) is 20.0. The van der Waals surface area contributed by atoms with Gasteiger partial charge in [-0.2, -0.15) is 0 Å². The molecule has 188 valence electrons. The predicted molar refractivity (Wildman–Crippen MR) is 138 cm³/mol. The van der Waals surface area contributed by atoms with Gasteiger partial charge in [-0.25, -0.2) is 9.97 Å². The van der Waals surface area contributed by atoms with Crippen molar-refractivity contribution >= 4 is 11.6 Å². The number of ether oxygens (including phenoxy) is 2. The number of aliphatic carboxylic acids is 1. The molecule has 0 aliphatic heterocycles. The van der Waals surface area contributed by atoms with Crippen molar-refractivity contribution in [2.75, 3.05) is 6.61 Å². The normalized spacial score (nSPS) is 11.1. The van der Waals surface area contributed by atoms with E-state index in [9.17, 15) is 4.79 Å². The van der Waals surface area contributed by atoms with Crippen LogP contribution in [0.5, 0.6) is 11.8 Å². The third-order valence-electron chi connectivity index (χ3n) is 5.81. The SMILES string of the molecule is CCOc1nn(Cc2ccnc(OCc3cn4c(-c5ccccc5)cccc4n3)c2)cc1CCC(=O)O. The topological polar surface area (TPSA) is 104 Å². The molecule has 9 heteroatoms. The van der Waals surface area contributed by atoms with E-state index in [2.05, 4.69) is 32.7 Å². The van der Waals surface area contributed by atoms with Crippen molar-refractivity contribution in [3.63, 3.8) is 0 Å². The summed E-state index contributed by atoms with van der Waals surface area (Å²) in [6, 6.07) is 20.0. The van der Waals surface area contributed by atoms with Gasteiger partial charge in [-0.05, 0) is 42.7 Å². The van der Waals surface area contributed by atoms with Crippen LogP contribution in [0.4, 0.5) is 0 Å². The fourth-order valence-electron chi connectivity index (χ4n) is 4.13. The van der Waals surface area contributed by atoms with Crippen molar-refractivity contribution in [1.29, 1.82) is 0 Å². The summed E-state index contributed by atoms with van der Waals surface area (Å²) in [6.45, 7) is 3.08. The number of nitrogens with zero attached hydrogens (tertiary/aromatic N) is 5. The average Bonchev–Trinajstić information content (AvgIpc) is 3.50. The zero-order chi connectivity index (χ0) is 25.6. The van der Waals surface area contributed by atoms with E-state index in [0.717, 1.165) is 33.7 Å². The van der Waals surface area contributed by atoms with E-state index in [1.54, 1.807) is 10.9 Å². The standard InChI is InChI=1S/C28H27N5O4/c1-2-36-28-22(11-12-27(34)35)17-32(31-28)16-20-13-14-29-26(15-20)37-19-23-18-33-24(9-6-10-25(33)30-23)21-7-4-3-5-8-21/h3-10,13-15,17-18H,2,11-12,16,19H2,1H3,(H,34,35). The lowest BCUT2D eigenvalue weighted by atomic mass is 10.1. The Labute approximate surface area is 214 Å². The van der Waals surface area contributed by atoms with Crippen LogP contribution in [0.15, 0.2) is 79.3 Å². The van der Waals surface area contributed by atoms with E-state index in [1.807, 2.05) is 61.8 Å². The molecule has 5 aromatic rings. The highest BCUT2D eigenvalue weighted by Crippen LogP contribution is 2.22. The Morgan fingerprint density at radius 3 is 2.70 bits per heavy atom. The number of hydrogen-bond acceptors (Lipinski definition) is 6. The molecule has 0 unspecified atom stereocenters. The Balaban J connectivity index is 1.28. The lowest BCUT2D eigenvalue weighted by Crippen LogP contribution is -2.03. The van der Waals surface area contributed by atoms with Crippen LogP contribution in [0, 0.1) is 0 Å². The van der Waals surface area contributed by atoms with Crippen molar-refractivity contribution < 1.29 is 19.4 Å². The van der Waals surface area contributed by atoms with Gasteiger partial charge in [-0.3, -0.25) is 13.9 Å². The quantitative estimate of drug-likeness (QED) is 0.284. The van der Waals surface area contributed by atoms with Gasteiger partial charge in [0.15, 0.2) is 0 Å². The highest BCUT2D eigenvalue weighted by molar-refractivity contribution is 5.67. The van der Waals surface area contributed by atoms with Crippen LogP contribution in [0.2, 0.25) is 0 Å². The van der Waals surface area contributed by atoms with Gasteiger partial charge in [0.05, 0.1) is 24.5 Å². The number of fused-ring (bicyclic) bond motifs is 1. The molecule has 0 atom stereocenters. The number of benzene rings is 1. The molecular weight excluding hydrogens is 470 g/mol. The van der Waals surface area contributed by atoms with Gasteiger partial charge in [-0.1, -0.05) is 36.4 Å². The molecule has 0 fully saturated rings. The summed E-state index contributed by atoms with van der Waals surface area (Å²) < 4.78 is 15.4. The Morgan fingerprint density at radius 2 is 1.89 bits per heavy atom. The first-order chi connectivity index (χ1) is 18.1. The minimum absolute atomic E-state index is 0.0227. The predicted octanol–water partition coefficient (Wildman–Crippen LogP) is 4.64. The van der Waals surface area contributed by atoms with Crippen LogP contribution in [0.25, 0.3) is 16.9 Å². The highest BCUT2D eigenvalue weighted by Gasteiger charge is 2.13. The van der Waals surface area contributed by atoms with E-state index >= 15 is 0 Å². The van der Waals surface area contributed by atoms with Gasteiger partial charge >= 0.3 is 5.97 Å². The number of pyridine rings is 2. The van der Waals surface area contributed by atoms with Crippen LogP contribution in [-0.2, 0) is 24.4 Å². The molecular formula is C28H27N5O4. The van der Waals surface area contributed by atoms with Gasteiger partial charge in [0.2, 0.25) is 11.8 Å². The fourth-order valence-corrected chi connectivity index (χ4v) is 4.13. The monoisotopic (exact) mass is 497 g/mol. The molecule has 0 saturated carbocycles. The Morgan fingerprint density at radius 1 is 1.03 bits per heavy atom. The van der Waals surface area contributed by atoms with E-state index < -0.39 is 5.97 Å². The molecule has 0 radical (unpaired) electrons. The van der Waals surface area contributed by atoms with Gasteiger partial charge in [0.1, 0.15) is 12.3 Å². The van der Waals surface area contributed by atoms with Gasteiger partial charge in [-0.15, -0.1) is 5.10 Å². The number of carboxylic acid groups (broad SMARTS) is 1. The first-order valence-corrected chi connectivity index (χ1v) is 12.1. The minimum atomic E-state index is -0.854. The van der Waals surface area contributed by atoms with Gasteiger partial charge in [0.25, 0.3) is 0 Å². The second-order valence-electron chi connectivity index (χ2n) is 8.51. The molecule has 5 rings (SSSR count). The second kappa shape index (κ2) is 10.9. The van der Waals surface area contributed by atoms with Gasteiger partial charge < -0.3 is 14.6 Å². The summed E-state index contributed by atoms with van der Waals surface area (Å²) in [6.07, 6.45) is 5.89. The van der Waals surface area contributed by atoms with Crippen molar-refractivity contribution in [3.05, 3.63) is 96.1 Å². The maximum absolute atomic E-state index is 11.0.